The van der Waals surface area contributed by atoms with Gasteiger partial charge in [0.05, 0.1) is 6.04 Å². The lowest BCUT2D eigenvalue weighted by molar-refractivity contribution is 0.104. The summed E-state index contributed by atoms with van der Waals surface area (Å²) in [6.07, 6.45) is 3.31. The Morgan fingerprint density at radius 3 is 2.50 bits per heavy atom. The highest BCUT2D eigenvalue weighted by molar-refractivity contribution is 5.89. The van der Waals surface area contributed by atoms with Crippen LogP contribution in [0, 0.1) is 0 Å². The van der Waals surface area contributed by atoms with E-state index in [1.807, 2.05) is 35.2 Å². The van der Waals surface area contributed by atoms with Crippen LogP contribution in [-0.2, 0) is 0 Å². The maximum atomic E-state index is 12.4. The fraction of sp³-hybridized carbons (Fsp3) is 0.300. The van der Waals surface area contributed by atoms with Gasteiger partial charge in [0.15, 0.2) is 0 Å². The van der Waals surface area contributed by atoms with E-state index in [0.29, 0.717) is 24.8 Å². The molecular weight excluding hydrogens is 356 g/mol. The van der Waals surface area contributed by atoms with Crippen molar-refractivity contribution in [1.82, 2.24) is 24.9 Å². The van der Waals surface area contributed by atoms with Crippen molar-refractivity contribution >= 4 is 11.7 Å². The molecule has 1 aliphatic rings. The third-order valence-corrected chi connectivity index (χ3v) is 4.91. The number of amides is 2. The van der Waals surface area contributed by atoms with Crippen molar-refractivity contribution in [3.63, 3.8) is 0 Å². The van der Waals surface area contributed by atoms with Crippen LogP contribution in [0.2, 0.25) is 0 Å². The number of anilines is 1. The molecular formula is C20H22N6O2. The van der Waals surface area contributed by atoms with E-state index in [1.54, 1.807) is 24.5 Å². The van der Waals surface area contributed by atoms with Crippen LogP contribution in [0.1, 0.15) is 18.9 Å². The molecule has 1 fully saturated rings. The van der Waals surface area contributed by atoms with Crippen LogP contribution in [0.5, 0.6) is 0 Å². The highest BCUT2D eigenvalue weighted by Gasteiger charge is 2.27. The molecule has 8 nitrogen and oxygen atoms in total. The lowest BCUT2D eigenvalue weighted by Gasteiger charge is -2.36. The topological polar surface area (TPSA) is 87.4 Å². The van der Waals surface area contributed by atoms with Gasteiger partial charge >= 0.3 is 6.03 Å². The Labute approximate surface area is 163 Å². The Kier molecular flexibility index (Phi) is 5.29. The Morgan fingerprint density at radius 1 is 1.07 bits per heavy atom. The van der Waals surface area contributed by atoms with Gasteiger partial charge in [-0.05, 0) is 19.1 Å². The van der Waals surface area contributed by atoms with Gasteiger partial charge < -0.3 is 14.7 Å². The molecule has 28 heavy (non-hydrogen) atoms. The van der Waals surface area contributed by atoms with Gasteiger partial charge in [0, 0.05) is 49.8 Å². The van der Waals surface area contributed by atoms with E-state index < -0.39 is 0 Å². The Hall–Kier alpha value is -3.26. The predicted molar refractivity (Wildman–Crippen MR) is 105 cm³/mol. The molecule has 2 aromatic heterocycles. The second-order valence-electron chi connectivity index (χ2n) is 6.69. The first-order valence-corrected chi connectivity index (χ1v) is 9.30. The largest absolute Gasteiger partial charge is 0.337 e. The molecule has 144 valence electrons. The van der Waals surface area contributed by atoms with Crippen LogP contribution >= 0.6 is 0 Å². The quantitative estimate of drug-likeness (QED) is 0.751. The number of aromatic nitrogens is 3. The van der Waals surface area contributed by atoms with E-state index in [9.17, 15) is 4.79 Å². The monoisotopic (exact) mass is 378 g/mol. The third kappa shape index (κ3) is 4.01. The van der Waals surface area contributed by atoms with Gasteiger partial charge in [-0.1, -0.05) is 35.5 Å². The standard InChI is InChI=1S/C20H22N6O2/c1-15(19-23-18(24-28-19)16-5-3-2-4-6-16)25-11-13-26(14-12-25)20(27)22-17-7-9-21-10-8-17/h2-10,15H,11-14H2,1H3,(H,21,22,27). The maximum absolute atomic E-state index is 12.4. The molecule has 0 radical (unpaired) electrons. The molecule has 1 aliphatic heterocycles. The van der Waals surface area contributed by atoms with Gasteiger partial charge in [-0.2, -0.15) is 4.98 Å². The number of pyridine rings is 1. The number of hydrogen-bond acceptors (Lipinski definition) is 6. The van der Waals surface area contributed by atoms with Crippen molar-refractivity contribution in [1.29, 1.82) is 0 Å². The number of hydrogen-bond donors (Lipinski definition) is 1. The van der Waals surface area contributed by atoms with Gasteiger partial charge in [0.25, 0.3) is 0 Å². The maximum Gasteiger partial charge on any atom is 0.321 e. The molecule has 8 heteroatoms. The molecule has 1 aromatic carbocycles. The molecule has 1 saturated heterocycles. The third-order valence-electron chi connectivity index (χ3n) is 4.91. The summed E-state index contributed by atoms with van der Waals surface area (Å²) >= 11 is 0. The highest BCUT2D eigenvalue weighted by Crippen LogP contribution is 2.23. The molecule has 0 bridgehead atoms. The van der Waals surface area contributed by atoms with E-state index in [0.717, 1.165) is 24.3 Å². The van der Waals surface area contributed by atoms with E-state index >= 15 is 0 Å². The molecule has 3 aromatic rings. The zero-order valence-corrected chi connectivity index (χ0v) is 15.7. The normalized spacial score (nSPS) is 16.0. The number of carbonyl (C=O) groups excluding carboxylic acids is 1. The van der Waals surface area contributed by atoms with Gasteiger partial charge in [0.2, 0.25) is 11.7 Å². The van der Waals surface area contributed by atoms with E-state index in [4.69, 9.17) is 4.52 Å². The second kappa shape index (κ2) is 8.18. The van der Waals surface area contributed by atoms with Crippen LogP contribution in [0.15, 0.2) is 59.4 Å². The number of rotatable bonds is 4. The van der Waals surface area contributed by atoms with Gasteiger partial charge in [-0.25, -0.2) is 4.79 Å². The Balaban J connectivity index is 1.33. The average molecular weight is 378 g/mol. The van der Waals surface area contributed by atoms with E-state index in [1.165, 1.54) is 0 Å². The van der Waals surface area contributed by atoms with Crippen molar-refractivity contribution in [3.05, 3.63) is 60.7 Å². The Morgan fingerprint density at radius 2 is 1.79 bits per heavy atom. The predicted octanol–water partition coefficient (Wildman–Crippen LogP) is 3.04. The second-order valence-corrected chi connectivity index (χ2v) is 6.69. The van der Waals surface area contributed by atoms with E-state index in [-0.39, 0.29) is 12.1 Å². The van der Waals surface area contributed by atoms with E-state index in [2.05, 4.69) is 32.3 Å². The molecule has 1 N–H and O–H groups in total. The SMILES string of the molecule is CC(c1nc(-c2ccccc2)no1)N1CCN(C(=O)Nc2ccncc2)CC1. The lowest BCUT2D eigenvalue weighted by Crippen LogP contribution is -2.50. The summed E-state index contributed by atoms with van der Waals surface area (Å²) in [4.78, 5) is 25.0. The summed E-state index contributed by atoms with van der Waals surface area (Å²) in [5.41, 5.74) is 1.68. The summed E-state index contributed by atoms with van der Waals surface area (Å²) in [6.45, 7) is 4.82. The number of piperazine rings is 1. The van der Waals surface area contributed by atoms with Crippen LogP contribution in [-0.4, -0.2) is 57.1 Å². The van der Waals surface area contributed by atoms with Crippen LogP contribution < -0.4 is 5.32 Å². The minimum atomic E-state index is -0.0948. The number of urea groups is 1. The number of carbonyl (C=O) groups is 1. The minimum Gasteiger partial charge on any atom is -0.337 e. The molecule has 0 saturated carbocycles. The summed E-state index contributed by atoms with van der Waals surface area (Å²) in [5.74, 6) is 1.19. The average Bonchev–Trinajstić information content (AvgIpc) is 3.25. The zero-order chi connectivity index (χ0) is 19.3. The van der Waals surface area contributed by atoms with Crippen LogP contribution in [0.25, 0.3) is 11.4 Å². The summed E-state index contributed by atoms with van der Waals surface area (Å²) in [5, 5.41) is 7.00. The molecule has 0 spiro atoms. The van der Waals surface area contributed by atoms with Crippen molar-refractivity contribution in [2.75, 3.05) is 31.5 Å². The fourth-order valence-electron chi connectivity index (χ4n) is 3.22. The lowest BCUT2D eigenvalue weighted by atomic mass is 10.2. The van der Waals surface area contributed by atoms with Gasteiger partial charge in [-0.15, -0.1) is 0 Å². The summed E-state index contributed by atoms with van der Waals surface area (Å²) < 4.78 is 5.49. The summed E-state index contributed by atoms with van der Waals surface area (Å²) in [7, 11) is 0. The first-order valence-electron chi connectivity index (χ1n) is 9.30. The molecule has 1 atom stereocenters. The minimum absolute atomic E-state index is 0.00429. The number of benzene rings is 1. The zero-order valence-electron chi connectivity index (χ0n) is 15.7. The molecule has 0 aliphatic carbocycles. The fourth-order valence-corrected chi connectivity index (χ4v) is 3.22. The summed E-state index contributed by atoms with van der Waals surface area (Å²) in [6, 6.07) is 13.2. The number of nitrogens with zero attached hydrogens (tertiary/aromatic N) is 5. The number of nitrogens with one attached hydrogen (secondary N) is 1. The van der Waals surface area contributed by atoms with Crippen LogP contribution in [0.3, 0.4) is 0 Å². The smallest absolute Gasteiger partial charge is 0.321 e. The molecule has 1 unspecified atom stereocenters. The van der Waals surface area contributed by atoms with Crippen LogP contribution in [0.4, 0.5) is 10.5 Å². The Bertz CT molecular complexity index is 907. The van der Waals surface area contributed by atoms with Crippen molar-refractivity contribution in [3.8, 4) is 11.4 Å². The van der Waals surface area contributed by atoms with Crippen molar-refractivity contribution < 1.29 is 9.32 Å². The van der Waals surface area contributed by atoms with Gasteiger partial charge in [0.1, 0.15) is 0 Å². The first kappa shape index (κ1) is 18.1. The van der Waals surface area contributed by atoms with Gasteiger partial charge in [-0.3, -0.25) is 9.88 Å². The molecule has 2 amide bonds. The van der Waals surface area contributed by atoms with Crippen molar-refractivity contribution in [2.45, 2.75) is 13.0 Å². The molecule has 3 heterocycles. The highest BCUT2D eigenvalue weighted by atomic mass is 16.5. The first-order chi connectivity index (χ1) is 13.7. The van der Waals surface area contributed by atoms with Crippen molar-refractivity contribution in [2.24, 2.45) is 0 Å². The molecule has 4 rings (SSSR count).